The molecule has 3 aromatic rings. The smallest absolute Gasteiger partial charge is 0.329 e. The Morgan fingerprint density at radius 1 is 0.838 bits per heavy atom. The van der Waals surface area contributed by atoms with Gasteiger partial charge in [-0.15, -0.1) is 0 Å². The molecule has 0 heterocycles. The van der Waals surface area contributed by atoms with Crippen LogP contribution in [-0.4, -0.2) is 37.1 Å². The number of aryl methyl sites for hydroxylation is 1. The number of hydrogen-bond donors (Lipinski definition) is 3. The Morgan fingerprint density at radius 2 is 1.59 bits per heavy atom. The van der Waals surface area contributed by atoms with Crippen molar-refractivity contribution in [3.05, 3.63) is 89.5 Å². The molecule has 0 aliphatic carbocycles. The molecule has 0 spiro atoms. The largest absolute Gasteiger partial charge is 0.490 e. The van der Waals surface area contributed by atoms with Crippen LogP contribution in [0.3, 0.4) is 0 Å². The van der Waals surface area contributed by atoms with Crippen molar-refractivity contribution in [3.63, 3.8) is 0 Å². The maximum Gasteiger partial charge on any atom is 0.329 e. The molecule has 0 aromatic heterocycles. The monoisotopic (exact) mass is 502 g/mol. The van der Waals surface area contributed by atoms with E-state index in [2.05, 4.69) is 28.1 Å². The van der Waals surface area contributed by atoms with Crippen LogP contribution >= 0.6 is 0 Å². The third-order valence-electron chi connectivity index (χ3n) is 5.15. The van der Waals surface area contributed by atoms with Crippen molar-refractivity contribution in [2.75, 3.05) is 18.5 Å². The van der Waals surface area contributed by atoms with E-state index in [0.717, 1.165) is 12.0 Å². The SMILES string of the molecule is CCOc1cc(/C=N\NC(=O)C(=O)NCc2ccccc2)ccc1OCC(=O)Nc1ccc(CC)cc1. The van der Waals surface area contributed by atoms with Crippen LogP contribution in [0.4, 0.5) is 5.69 Å². The van der Waals surface area contributed by atoms with E-state index < -0.39 is 11.8 Å². The molecule has 0 saturated carbocycles. The van der Waals surface area contributed by atoms with Crippen molar-refractivity contribution in [2.45, 2.75) is 26.8 Å². The van der Waals surface area contributed by atoms with E-state index in [9.17, 15) is 14.4 Å². The van der Waals surface area contributed by atoms with E-state index >= 15 is 0 Å². The molecule has 0 fully saturated rings. The minimum absolute atomic E-state index is 0.197. The Hall–Kier alpha value is -4.66. The first-order valence-electron chi connectivity index (χ1n) is 11.9. The van der Waals surface area contributed by atoms with Gasteiger partial charge in [-0.3, -0.25) is 14.4 Å². The Labute approximate surface area is 215 Å². The predicted octanol–water partition coefficient (Wildman–Crippen LogP) is 3.43. The molecule has 0 saturated heterocycles. The number of hydrazone groups is 1. The van der Waals surface area contributed by atoms with Crippen molar-refractivity contribution in [1.29, 1.82) is 0 Å². The first-order chi connectivity index (χ1) is 18.0. The lowest BCUT2D eigenvalue weighted by molar-refractivity contribution is -0.139. The van der Waals surface area contributed by atoms with Gasteiger partial charge in [0.25, 0.3) is 5.91 Å². The van der Waals surface area contributed by atoms with Crippen molar-refractivity contribution in [1.82, 2.24) is 10.7 Å². The van der Waals surface area contributed by atoms with Gasteiger partial charge < -0.3 is 20.1 Å². The lowest BCUT2D eigenvalue weighted by atomic mass is 10.1. The quantitative estimate of drug-likeness (QED) is 0.211. The lowest BCUT2D eigenvalue weighted by Gasteiger charge is -2.13. The molecule has 192 valence electrons. The molecule has 0 bridgehead atoms. The highest BCUT2D eigenvalue weighted by molar-refractivity contribution is 6.35. The third-order valence-corrected chi connectivity index (χ3v) is 5.15. The maximum atomic E-state index is 12.3. The lowest BCUT2D eigenvalue weighted by Crippen LogP contribution is -2.37. The third kappa shape index (κ3) is 8.81. The number of ether oxygens (including phenoxy) is 2. The van der Waals surface area contributed by atoms with Crippen molar-refractivity contribution in [3.8, 4) is 11.5 Å². The summed E-state index contributed by atoms with van der Waals surface area (Å²) < 4.78 is 11.3. The van der Waals surface area contributed by atoms with Crippen LogP contribution < -0.4 is 25.5 Å². The summed E-state index contributed by atoms with van der Waals surface area (Å²) in [5.41, 5.74) is 5.55. The number of carbonyl (C=O) groups excluding carboxylic acids is 3. The predicted molar refractivity (Wildman–Crippen MR) is 142 cm³/mol. The van der Waals surface area contributed by atoms with E-state index in [1.807, 2.05) is 61.5 Å². The number of benzene rings is 3. The average molecular weight is 503 g/mol. The van der Waals surface area contributed by atoms with Crippen molar-refractivity contribution >= 4 is 29.6 Å². The molecule has 0 atom stereocenters. The second-order valence-electron chi connectivity index (χ2n) is 7.89. The minimum Gasteiger partial charge on any atom is -0.490 e. The van der Waals surface area contributed by atoms with Crippen LogP contribution in [-0.2, 0) is 27.3 Å². The van der Waals surface area contributed by atoms with E-state index in [-0.39, 0.29) is 19.1 Å². The molecule has 3 N–H and O–H groups in total. The number of hydrogen-bond acceptors (Lipinski definition) is 6. The van der Waals surface area contributed by atoms with Crippen LogP contribution in [0.1, 0.15) is 30.5 Å². The minimum atomic E-state index is -0.882. The summed E-state index contributed by atoms with van der Waals surface area (Å²) in [6, 6.07) is 21.9. The van der Waals surface area contributed by atoms with Gasteiger partial charge in [-0.05, 0) is 60.4 Å². The highest BCUT2D eigenvalue weighted by Gasteiger charge is 2.12. The Bertz CT molecular complexity index is 1230. The summed E-state index contributed by atoms with van der Waals surface area (Å²) in [5.74, 6) is -1.17. The fourth-order valence-electron chi connectivity index (χ4n) is 3.23. The number of anilines is 1. The Morgan fingerprint density at radius 3 is 2.30 bits per heavy atom. The maximum absolute atomic E-state index is 12.3. The molecule has 3 amide bonds. The van der Waals surface area contributed by atoms with Gasteiger partial charge in [-0.1, -0.05) is 49.4 Å². The second kappa shape index (κ2) is 14.0. The summed E-state index contributed by atoms with van der Waals surface area (Å²) in [7, 11) is 0. The topological polar surface area (TPSA) is 118 Å². The average Bonchev–Trinajstić information content (AvgIpc) is 2.92. The fraction of sp³-hybridized carbons (Fsp3) is 0.214. The van der Waals surface area contributed by atoms with Crippen LogP contribution in [0.5, 0.6) is 11.5 Å². The zero-order valence-corrected chi connectivity index (χ0v) is 20.8. The highest BCUT2D eigenvalue weighted by atomic mass is 16.5. The first kappa shape index (κ1) is 26.9. The molecule has 3 rings (SSSR count). The second-order valence-corrected chi connectivity index (χ2v) is 7.89. The van der Waals surface area contributed by atoms with Crippen LogP contribution in [0.15, 0.2) is 77.9 Å². The summed E-state index contributed by atoms with van der Waals surface area (Å²) >= 11 is 0. The molecule has 0 aliphatic rings. The number of nitrogens with zero attached hydrogens (tertiary/aromatic N) is 1. The van der Waals surface area contributed by atoms with E-state index in [1.165, 1.54) is 11.8 Å². The normalized spacial score (nSPS) is 10.5. The van der Waals surface area contributed by atoms with Gasteiger partial charge in [0.2, 0.25) is 0 Å². The summed E-state index contributed by atoms with van der Waals surface area (Å²) in [5, 5.41) is 9.16. The summed E-state index contributed by atoms with van der Waals surface area (Å²) in [4.78, 5) is 36.2. The highest BCUT2D eigenvalue weighted by Crippen LogP contribution is 2.28. The van der Waals surface area contributed by atoms with E-state index in [4.69, 9.17) is 9.47 Å². The number of carbonyl (C=O) groups is 3. The van der Waals surface area contributed by atoms with E-state index in [0.29, 0.717) is 29.4 Å². The molecular formula is C28H30N4O5. The van der Waals surface area contributed by atoms with Crippen LogP contribution in [0, 0.1) is 0 Å². The van der Waals surface area contributed by atoms with Crippen molar-refractivity contribution in [2.24, 2.45) is 5.10 Å². The summed E-state index contributed by atoms with van der Waals surface area (Å²) in [6.07, 6.45) is 2.30. The van der Waals surface area contributed by atoms with Gasteiger partial charge in [0.1, 0.15) is 0 Å². The van der Waals surface area contributed by atoms with Gasteiger partial charge in [-0.25, -0.2) is 5.43 Å². The standard InChI is InChI=1S/C28H30N4O5/c1-3-20-10-13-23(14-11-20)31-26(33)19-37-24-15-12-22(16-25(24)36-4-2)18-30-32-28(35)27(34)29-17-21-8-6-5-7-9-21/h5-16,18H,3-4,17,19H2,1-2H3,(H,29,34)(H,31,33)(H,32,35)/b30-18-. The number of nitrogens with one attached hydrogen (secondary N) is 3. The molecule has 0 unspecified atom stereocenters. The van der Waals surface area contributed by atoms with Gasteiger partial charge in [0, 0.05) is 12.2 Å². The number of amides is 3. The van der Waals surface area contributed by atoms with Gasteiger partial charge in [0.15, 0.2) is 18.1 Å². The molecule has 0 radical (unpaired) electrons. The molecule has 9 nitrogen and oxygen atoms in total. The van der Waals surface area contributed by atoms with Gasteiger partial charge in [0.05, 0.1) is 12.8 Å². The fourth-order valence-corrected chi connectivity index (χ4v) is 3.23. The zero-order valence-electron chi connectivity index (χ0n) is 20.8. The summed E-state index contributed by atoms with van der Waals surface area (Å²) in [6.45, 7) is 4.31. The van der Waals surface area contributed by atoms with Crippen LogP contribution in [0.2, 0.25) is 0 Å². The molecule has 37 heavy (non-hydrogen) atoms. The number of rotatable bonds is 11. The molecule has 9 heteroatoms. The molecular weight excluding hydrogens is 472 g/mol. The van der Waals surface area contributed by atoms with Crippen molar-refractivity contribution < 1.29 is 23.9 Å². The van der Waals surface area contributed by atoms with Gasteiger partial charge >= 0.3 is 11.8 Å². The Kier molecular flexibility index (Phi) is 10.2. The van der Waals surface area contributed by atoms with Crippen LogP contribution in [0.25, 0.3) is 0 Å². The van der Waals surface area contributed by atoms with E-state index in [1.54, 1.807) is 18.2 Å². The molecule has 3 aromatic carbocycles. The van der Waals surface area contributed by atoms with Gasteiger partial charge in [-0.2, -0.15) is 5.10 Å². The first-order valence-corrected chi connectivity index (χ1v) is 11.9. The zero-order chi connectivity index (χ0) is 26.5. The molecule has 0 aliphatic heterocycles. The Balaban J connectivity index is 1.51.